The van der Waals surface area contributed by atoms with Crippen LogP contribution in [0.5, 0.6) is 0 Å². The van der Waals surface area contributed by atoms with Gasteiger partial charge in [-0.2, -0.15) is 0 Å². The molecule has 0 atom stereocenters. The Morgan fingerprint density at radius 3 is 2.11 bits per heavy atom. The van der Waals surface area contributed by atoms with E-state index in [2.05, 4.69) is 37.9 Å². The van der Waals surface area contributed by atoms with E-state index in [0.717, 1.165) is 12.0 Å². The first-order valence-electron chi connectivity index (χ1n) is 8.47. The molecule has 2 rings (SSSR count). The third kappa shape index (κ3) is 4.46. The fourth-order valence-corrected chi connectivity index (χ4v) is 4.09. The van der Waals surface area contributed by atoms with Crippen LogP contribution in [-0.2, 0) is 0 Å². The van der Waals surface area contributed by atoms with Crippen molar-refractivity contribution in [2.75, 3.05) is 19.6 Å². The Labute approximate surface area is 121 Å². The van der Waals surface area contributed by atoms with Crippen LogP contribution in [-0.4, -0.2) is 36.6 Å². The predicted octanol–water partition coefficient (Wildman–Crippen LogP) is 3.91. The third-order valence-electron chi connectivity index (χ3n) is 5.16. The molecule has 0 amide bonds. The van der Waals surface area contributed by atoms with Gasteiger partial charge in [0.25, 0.3) is 0 Å². The van der Waals surface area contributed by atoms with Crippen LogP contribution in [0.25, 0.3) is 0 Å². The van der Waals surface area contributed by atoms with E-state index in [1.165, 1.54) is 58.2 Å². The fourth-order valence-electron chi connectivity index (χ4n) is 4.09. The first kappa shape index (κ1) is 15.3. The molecule has 0 aromatic rings. The van der Waals surface area contributed by atoms with Gasteiger partial charge in [-0.05, 0) is 62.9 Å². The lowest BCUT2D eigenvalue weighted by Crippen LogP contribution is -2.46. The quantitative estimate of drug-likeness (QED) is 0.831. The van der Waals surface area contributed by atoms with Gasteiger partial charge in [-0.3, -0.25) is 0 Å². The molecular formula is C17H36N2. The SMILES string of the molecule is CC(C)CN1CCC2(CCC(NC(C)C)CC2)CC1.[HH]. The Balaban J connectivity index is 0.00000200. The van der Waals surface area contributed by atoms with E-state index >= 15 is 0 Å². The molecule has 0 radical (unpaired) electrons. The molecule has 2 nitrogen and oxygen atoms in total. The Morgan fingerprint density at radius 2 is 1.63 bits per heavy atom. The van der Waals surface area contributed by atoms with Crippen LogP contribution in [0.1, 0.15) is 67.6 Å². The minimum absolute atomic E-state index is 0. The van der Waals surface area contributed by atoms with E-state index < -0.39 is 0 Å². The summed E-state index contributed by atoms with van der Waals surface area (Å²) in [6.45, 7) is 13.2. The van der Waals surface area contributed by atoms with Crippen molar-refractivity contribution in [1.82, 2.24) is 10.2 Å². The van der Waals surface area contributed by atoms with Crippen LogP contribution in [0.2, 0.25) is 0 Å². The number of hydrogen-bond donors (Lipinski definition) is 1. The van der Waals surface area contributed by atoms with Crippen molar-refractivity contribution in [3.63, 3.8) is 0 Å². The third-order valence-corrected chi connectivity index (χ3v) is 5.16. The maximum atomic E-state index is 3.73. The normalized spacial score (nSPS) is 25.6. The van der Waals surface area contributed by atoms with Crippen molar-refractivity contribution in [3.05, 3.63) is 0 Å². The molecule has 0 aromatic carbocycles. The monoisotopic (exact) mass is 268 g/mol. The summed E-state index contributed by atoms with van der Waals surface area (Å²) in [6, 6.07) is 1.44. The Hall–Kier alpha value is -0.0800. The number of nitrogens with zero attached hydrogens (tertiary/aromatic N) is 1. The van der Waals surface area contributed by atoms with Crippen molar-refractivity contribution in [2.24, 2.45) is 11.3 Å². The molecule has 2 fully saturated rings. The van der Waals surface area contributed by atoms with Crippen molar-refractivity contribution in [2.45, 2.75) is 78.3 Å². The van der Waals surface area contributed by atoms with E-state index in [0.29, 0.717) is 11.5 Å². The van der Waals surface area contributed by atoms with E-state index in [1.54, 1.807) is 0 Å². The smallest absolute Gasteiger partial charge is 0.00698 e. The van der Waals surface area contributed by atoms with Gasteiger partial charge in [0.2, 0.25) is 0 Å². The van der Waals surface area contributed by atoms with Crippen molar-refractivity contribution >= 4 is 0 Å². The lowest BCUT2D eigenvalue weighted by atomic mass is 9.67. The highest BCUT2D eigenvalue weighted by Crippen LogP contribution is 2.44. The largest absolute Gasteiger partial charge is 0.312 e. The highest BCUT2D eigenvalue weighted by Gasteiger charge is 2.37. The molecule has 0 aromatic heterocycles. The minimum atomic E-state index is 0. The Morgan fingerprint density at radius 1 is 1.05 bits per heavy atom. The molecule has 0 bridgehead atoms. The van der Waals surface area contributed by atoms with E-state index in [1.807, 2.05) is 0 Å². The number of hydrogen-bond acceptors (Lipinski definition) is 2. The Bertz CT molecular complexity index is 231. The number of piperidine rings is 1. The van der Waals surface area contributed by atoms with Crippen LogP contribution in [0.4, 0.5) is 0 Å². The minimum Gasteiger partial charge on any atom is -0.312 e. The highest BCUT2D eigenvalue weighted by molar-refractivity contribution is 4.92. The van der Waals surface area contributed by atoms with Crippen LogP contribution in [0.15, 0.2) is 0 Å². The second kappa shape index (κ2) is 6.58. The van der Waals surface area contributed by atoms with Gasteiger partial charge in [-0.15, -0.1) is 0 Å². The molecule has 1 saturated heterocycles. The van der Waals surface area contributed by atoms with Gasteiger partial charge >= 0.3 is 0 Å². The molecule has 1 spiro atoms. The summed E-state index contributed by atoms with van der Waals surface area (Å²) in [5.74, 6) is 0.819. The average molecular weight is 268 g/mol. The van der Waals surface area contributed by atoms with Gasteiger partial charge < -0.3 is 10.2 Å². The van der Waals surface area contributed by atoms with Gasteiger partial charge in [0.1, 0.15) is 0 Å². The summed E-state index contributed by atoms with van der Waals surface area (Å²) in [5.41, 5.74) is 0.711. The number of likely N-dealkylation sites (tertiary alicyclic amines) is 1. The summed E-state index contributed by atoms with van der Waals surface area (Å²) >= 11 is 0. The molecule has 2 aliphatic rings. The van der Waals surface area contributed by atoms with Gasteiger partial charge in [0.05, 0.1) is 0 Å². The second-order valence-electron chi connectivity index (χ2n) is 7.79. The van der Waals surface area contributed by atoms with Crippen molar-refractivity contribution in [1.29, 1.82) is 0 Å². The van der Waals surface area contributed by atoms with Gasteiger partial charge in [-0.1, -0.05) is 27.7 Å². The lowest BCUT2D eigenvalue weighted by Gasteiger charge is -2.46. The standard InChI is InChI=1S/C17H34N2.H2/c1-14(2)13-19-11-9-17(10-12-19)7-5-16(6-8-17)18-15(3)4;/h14-16,18H,5-13H2,1-4H3;1H. The molecule has 19 heavy (non-hydrogen) atoms. The zero-order valence-electron chi connectivity index (χ0n) is 13.5. The van der Waals surface area contributed by atoms with E-state index in [9.17, 15) is 0 Å². The molecule has 114 valence electrons. The molecule has 0 unspecified atom stereocenters. The summed E-state index contributed by atoms with van der Waals surface area (Å²) in [4.78, 5) is 2.69. The summed E-state index contributed by atoms with van der Waals surface area (Å²) in [7, 11) is 0. The second-order valence-corrected chi connectivity index (χ2v) is 7.79. The number of nitrogens with one attached hydrogen (secondary N) is 1. The van der Waals surface area contributed by atoms with Crippen LogP contribution in [0.3, 0.4) is 0 Å². The fraction of sp³-hybridized carbons (Fsp3) is 1.00. The predicted molar refractivity (Wildman–Crippen MR) is 85.6 cm³/mol. The maximum Gasteiger partial charge on any atom is 0.00698 e. The summed E-state index contributed by atoms with van der Waals surface area (Å²) in [6.07, 6.45) is 8.65. The van der Waals surface area contributed by atoms with Crippen LogP contribution in [0, 0.1) is 11.3 Å². The highest BCUT2D eigenvalue weighted by atomic mass is 15.1. The van der Waals surface area contributed by atoms with Crippen LogP contribution >= 0.6 is 0 Å². The van der Waals surface area contributed by atoms with Gasteiger partial charge in [0.15, 0.2) is 0 Å². The van der Waals surface area contributed by atoms with Gasteiger partial charge in [0, 0.05) is 20.1 Å². The zero-order chi connectivity index (χ0) is 13.9. The number of rotatable bonds is 4. The van der Waals surface area contributed by atoms with E-state index in [4.69, 9.17) is 0 Å². The molecule has 1 saturated carbocycles. The van der Waals surface area contributed by atoms with Crippen LogP contribution < -0.4 is 5.32 Å². The topological polar surface area (TPSA) is 15.3 Å². The first-order chi connectivity index (χ1) is 8.99. The lowest BCUT2D eigenvalue weighted by molar-refractivity contribution is 0.0527. The van der Waals surface area contributed by atoms with Gasteiger partial charge in [-0.25, -0.2) is 0 Å². The summed E-state index contributed by atoms with van der Waals surface area (Å²) in [5, 5.41) is 3.73. The zero-order valence-corrected chi connectivity index (χ0v) is 13.5. The summed E-state index contributed by atoms with van der Waals surface area (Å²) < 4.78 is 0. The van der Waals surface area contributed by atoms with Crippen molar-refractivity contribution < 1.29 is 1.43 Å². The molecule has 2 heteroatoms. The van der Waals surface area contributed by atoms with Crippen molar-refractivity contribution in [3.8, 4) is 0 Å². The molecular weight excluding hydrogens is 232 g/mol. The average Bonchev–Trinajstić information content (AvgIpc) is 2.34. The molecule has 1 N–H and O–H groups in total. The Kier molecular flexibility index (Phi) is 5.30. The maximum absolute atomic E-state index is 3.73. The molecule has 1 aliphatic carbocycles. The first-order valence-corrected chi connectivity index (χ1v) is 8.47. The molecule has 1 heterocycles. The molecule has 1 aliphatic heterocycles. The van der Waals surface area contributed by atoms with E-state index in [-0.39, 0.29) is 1.43 Å².